The standard InChI is InChI=1S/C40H63NO13/c1-34(2)53-32-31-52-30-29-51-28-27-50-26-25-49-24-23-48-22-21-47-20-19-46-18-17-45-16-15-44-14-13-43-12-11-41-40(42)54-33-39-37-9-5-3-7-35(37)36-8-4-6-10-38(36)39/h3-10,34,39H,11-33H2,1-2H3,(H,41,42). The molecule has 0 unspecified atom stereocenters. The highest BCUT2D eigenvalue weighted by Crippen LogP contribution is 2.44. The number of hydrogen-bond donors (Lipinski definition) is 1. The largest absolute Gasteiger partial charge is 0.449 e. The maximum Gasteiger partial charge on any atom is 0.407 e. The third-order valence-electron chi connectivity index (χ3n) is 7.89. The predicted molar refractivity (Wildman–Crippen MR) is 202 cm³/mol. The molecular weight excluding hydrogens is 702 g/mol. The minimum atomic E-state index is -0.452. The number of carbonyl (C=O) groups is 1. The van der Waals surface area contributed by atoms with Gasteiger partial charge in [-0.05, 0) is 36.1 Å². The van der Waals surface area contributed by atoms with Crippen molar-refractivity contribution in [3.63, 3.8) is 0 Å². The first-order chi connectivity index (χ1) is 26.7. The molecule has 3 rings (SSSR count). The van der Waals surface area contributed by atoms with Gasteiger partial charge in [0, 0.05) is 12.5 Å². The molecule has 306 valence electrons. The van der Waals surface area contributed by atoms with Gasteiger partial charge in [0.25, 0.3) is 0 Å². The molecular formula is C40H63NO13. The van der Waals surface area contributed by atoms with Crippen LogP contribution in [0, 0.1) is 0 Å². The maximum absolute atomic E-state index is 12.2. The highest BCUT2D eigenvalue weighted by atomic mass is 16.6. The van der Waals surface area contributed by atoms with Crippen molar-refractivity contribution in [2.75, 3.05) is 152 Å². The number of carbonyl (C=O) groups excluding carboxylic acids is 1. The van der Waals surface area contributed by atoms with Crippen LogP contribution in [0.25, 0.3) is 11.1 Å². The van der Waals surface area contributed by atoms with Crippen LogP contribution in [0.5, 0.6) is 0 Å². The zero-order valence-corrected chi connectivity index (χ0v) is 32.3. The average molecular weight is 766 g/mol. The van der Waals surface area contributed by atoms with Crippen molar-refractivity contribution in [2.24, 2.45) is 0 Å². The molecule has 0 spiro atoms. The Labute approximate surface area is 321 Å². The zero-order valence-electron chi connectivity index (χ0n) is 32.3. The molecule has 2 aromatic carbocycles. The number of alkyl carbamates (subject to hydrolysis) is 1. The topological polar surface area (TPSA) is 140 Å². The van der Waals surface area contributed by atoms with Gasteiger partial charge in [-0.2, -0.15) is 0 Å². The molecule has 54 heavy (non-hydrogen) atoms. The van der Waals surface area contributed by atoms with Crippen LogP contribution in [-0.4, -0.2) is 164 Å². The molecule has 0 fully saturated rings. The van der Waals surface area contributed by atoms with E-state index < -0.39 is 6.09 Å². The summed E-state index contributed by atoms with van der Waals surface area (Å²) in [6, 6.07) is 16.5. The summed E-state index contributed by atoms with van der Waals surface area (Å²) in [6.07, 6.45) is -0.226. The van der Waals surface area contributed by atoms with E-state index in [1.165, 1.54) is 22.3 Å². The number of hydrogen-bond acceptors (Lipinski definition) is 13. The molecule has 14 heteroatoms. The number of ether oxygens (including phenoxy) is 12. The average Bonchev–Trinajstić information content (AvgIpc) is 3.50. The number of amides is 1. The van der Waals surface area contributed by atoms with E-state index in [1.54, 1.807) is 0 Å². The third-order valence-corrected chi connectivity index (χ3v) is 7.89. The first kappa shape index (κ1) is 45.7. The Morgan fingerprint density at radius 1 is 0.481 bits per heavy atom. The Kier molecular flexibility index (Phi) is 26.6. The fourth-order valence-electron chi connectivity index (χ4n) is 5.30. The Balaban J connectivity index is 0.948. The number of rotatable bonds is 36. The van der Waals surface area contributed by atoms with Gasteiger partial charge in [-0.1, -0.05) is 48.5 Å². The summed E-state index contributed by atoms with van der Waals surface area (Å²) >= 11 is 0. The van der Waals surface area contributed by atoms with Gasteiger partial charge in [0.1, 0.15) is 6.61 Å². The molecule has 1 amide bonds. The Bertz CT molecular complexity index is 1160. The van der Waals surface area contributed by atoms with Crippen LogP contribution in [-0.2, 0) is 56.8 Å². The minimum absolute atomic E-state index is 0.0372. The van der Waals surface area contributed by atoms with Gasteiger partial charge in [-0.15, -0.1) is 0 Å². The number of benzene rings is 2. The molecule has 0 aromatic heterocycles. The summed E-state index contributed by atoms with van der Waals surface area (Å²) in [5.74, 6) is 0.0372. The molecule has 14 nitrogen and oxygen atoms in total. The van der Waals surface area contributed by atoms with Crippen molar-refractivity contribution in [3.8, 4) is 11.1 Å². The van der Waals surface area contributed by atoms with E-state index in [0.29, 0.717) is 145 Å². The molecule has 0 heterocycles. The van der Waals surface area contributed by atoms with Gasteiger partial charge >= 0.3 is 6.09 Å². The Morgan fingerprint density at radius 2 is 0.796 bits per heavy atom. The van der Waals surface area contributed by atoms with E-state index >= 15 is 0 Å². The van der Waals surface area contributed by atoms with Crippen LogP contribution in [0.2, 0.25) is 0 Å². The summed E-state index contributed by atoms with van der Waals surface area (Å²) in [6.45, 7) is 15.1. The second kappa shape index (κ2) is 31.5. The number of nitrogens with one attached hydrogen (secondary N) is 1. The normalized spacial score (nSPS) is 12.4. The molecule has 0 aliphatic heterocycles. The second-order valence-corrected chi connectivity index (χ2v) is 12.3. The van der Waals surface area contributed by atoms with Crippen LogP contribution in [0.4, 0.5) is 4.79 Å². The van der Waals surface area contributed by atoms with Gasteiger partial charge in [-0.3, -0.25) is 0 Å². The molecule has 1 N–H and O–H groups in total. The van der Waals surface area contributed by atoms with Crippen molar-refractivity contribution in [1.29, 1.82) is 0 Å². The SMILES string of the molecule is CC(C)OCCOCCOCCOCCOCCOCCOCCOCCOCCOCCOCCNC(=O)OCC1c2ccccc2-c2ccccc21. The smallest absolute Gasteiger partial charge is 0.407 e. The monoisotopic (exact) mass is 765 g/mol. The van der Waals surface area contributed by atoms with E-state index in [1.807, 2.05) is 38.1 Å². The second-order valence-electron chi connectivity index (χ2n) is 12.3. The lowest BCUT2D eigenvalue weighted by Gasteiger charge is -2.14. The lowest BCUT2D eigenvalue weighted by Crippen LogP contribution is -2.29. The van der Waals surface area contributed by atoms with Gasteiger partial charge in [0.05, 0.1) is 145 Å². The van der Waals surface area contributed by atoms with E-state index in [0.717, 1.165) is 0 Å². The molecule has 0 atom stereocenters. The van der Waals surface area contributed by atoms with Crippen molar-refractivity contribution < 1.29 is 61.6 Å². The summed E-state index contributed by atoms with van der Waals surface area (Å²) in [5, 5.41) is 2.74. The van der Waals surface area contributed by atoms with E-state index in [-0.39, 0.29) is 18.6 Å². The van der Waals surface area contributed by atoms with Gasteiger partial charge in [-0.25, -0.2) is 4.79 Å². The fourth-order valence-corrected chi connectivity index (χ4v) is 5.30. The first-order valence-electron chi connectivity index (χ1n) is 19.1. The molecule has 0 saturated carbocycles. The van der Waals surface area contributed by atoms with Gasteiger partial charge < -0.3 is 62.2 Å². The molecule has 0 bridgehead atoms. The third kappa shape index (κ3) is 21.4. The van der Waals surface area contributed by atoms with Crippen LogP contribution in [0.3, 0.4) is 0 Å². The van der Waals surface area contributed by atoms with Crippen LogP contribution >= 0.6 is 0 Å². The highest BCUT2D eigenvalue weighted by Gasteiger charge is 2.28. The summed E-state index contributed by atoms with van der Waals surface area (Å²) < 4.78 is 65.8. The molecule has 1 aliphatic carbocycles. The Hall–Kier alpha value is -2.73. The van der Waals surface area contributed by atoms with Crippen LogP contribution < -0.4 is 5.32 Å². The Morgan fingerprint density at radius 3 is 1.15 bits per heavy atom. The minimum Gasteiger partial charge on any atom is -0.449 e. The maximum atomic E-state index is 12.2. The van der Waals surface area contributed by atoms with Crippen LogP contribution in [0.1, 0.15) is 30.9 Å². The molecule has 0 saturated heterocycles. The summed E-state index contributed by atoms with van der Waals surface area (Å²) in [7, 11) is 0. The molecule has 1 aliphatic rings. The van der Waals surface area contributed by atoms with E-state index in [4.69, 9.17) is 56.8 Å². The molecule has 2 aromatic rings. The first-order valence-corrected chi connectivity index (χ1v) is 19.1. The lowest BCUT2D eigenvalue weighted by atomic mass is 9.98. The predicted octanol–water partition coefficient (Wildman–Crippen LogP) is 4.12. The van der Waals surface area contributed by atoms with Crippen LogP contribution in [0.15, 0.2) is 48.5 Å². The quantitative estimate of drug-likeness (QED) is 0.0997. The van der Waals surface area contributed by atoms with Gasteiger partial charge in [0.2, 0.25) is 0 Å². The summed E-state index contributed by atoms with van der Waals surface area (Å²) in [5.41, 5.74) is 4.77. The lowest BCUT2D eigenvalue weighted by molar-refractivity contribution is -0.0286. The highest BCUT2D eigenvalue weighted by molar-refractivity contribution is 5.79. The van der Waals surface area contributed by atoms with E-state index in [9.17, 15) is 4.79 Å². The van der Waals surface area contributed by atoms with E-state index in [2.05, 4.69) is 29.6 Å². The fraction of sp³-hybridized carbons (Fsp3) is 0.675. The van der Waals surface area contributed by atoms with Crippen molar-refractivity contribution in [2.45, 2.75) is 25.9 Å². The number of fused-ring (bicyclic) bond motifs is 3. The summed E-state index contributed by atoms with van der Waals surface area (Å²) in [4.78, 5) is 12.2. The van der Waals surface area contributed by atoms with Crippen molar-refractivity contribution in [1.82, 2.24) is 5.32 Å². The van der Waals surface area contributed by atoms with Gasteiger partial charge in [0.15, 0.2) is 0 Å². The molecule has 0 radical (unpaired) electrons. The van der Waals surface area contributed by atoms with Crippen molar-refractivity contribution in [3.05, 3.63) is 59.7 Å². The zero-order chi connectivity index (χ0) is 38.2. The van der Waals surface area contributed by atoms with Crippen molar-refractivity contribution >= 4 is 6.09 Å².